The first kappa shape index (κ1) is 19.2. The highest BCUT2D eigenvalue weighted by Crippen LogP contribution is 2.38. The molecule has 4 nitrogen and oxygen atoms in total. The SMILES string of the molecule is CCCCCCNN1C(C)(C)CC(N2CCNCC2)CC1(C)C. The van der Waals surface area contributed by atoms with Gasteiger partial charge in [-0.15, -0.1) is 0 Å². The van der Waals surface area contributed by atoms with Crippen LogP contribution in [0.3, 0.4) is 0 Å². The Morgan fingerprint density at radius 2 is 1.57 bits per heavy atom. The Balaban J connectivity index is 1.93. The van der Waals surface area contributed by atoms with E-state index in [-0.39, 0.29) is 11.1 Å². The fourth-order valence-corrected chi connectivity index (χ4v) is 4.70. The third-order valence-electron chi connectivity index (χ3n) is 5.65. The van der Waals surface area contributed by atoms with Crippen LogP contribution in [0.5, 0.6) is 0 Å². The third-order valence-corrected chi connectivity index (χ3v) is 5.65. The molecule has 23 heavy (non-hydrogen) atoms. The van der Waals surface area contributed by atoms with Crippen molar-refractivity contribution >= 4 is 0 Å². The average molecular weight is 325 g/mol. The largest absolute Gasteiger partial charge is 0.314 e. The molecule has 2 N–H and O–H groups in total. The zero-order valence-electron chi connectivity index (χ0n) is 16.2. The van der Waals surface area contributed by atoms with Gasteiger partial charge in [0.2, 0.25) is 0 Å². The molecule has 0 atom stereocenters. The molecule has 2 aliphatic rings. The number of unbranched alkanes of at least 4 members (excludes halogenated alkanes) is 3. The first-order chi connectivity index (χ1) is 10.9. The van der Waals surface area contributed by atoms with Crippen LogP contribution in [0.1, 0.15) is 73.1 Å². The molecule has 0 aromatic rings. The minimum Gasteiger partial charge on any atom is -0.314 e. The van der Waals surface area contributed by atoms with E-state index < -0.39 is 0 Å². The van der Waals surface area contributed by atoms with Gasteiger partial charge in [-0.3, -0.25) is 10.3 Å². The highest BCUT2D eigenvalue weighted by atomic mass is 15.6. The third kappa shape index (κ3) is 5.15. The van der Waals surface area contributed by atoms with Crippen molar-refractivity contribution in [1.29, 1.82) is 0 Å². The first-order valence-corrected chi connectivity index (χ1v) is 9.85. The van der Waals surface area contributed by atoms with Crippen LogP contribution < -0.4 is 10.7 Å². The molecule has 0 aliphatic carbocycles. The summed E-state index contributed by atoms with van der Waals surface area (Å²) in [5.41, 5.74) is 4.21. The lowest BCUT2D eigenvalue weighted by atomic mass is 9.77. The van der Waals surface area contributed by atoms with Gasteiger partial charge in [-0.2, -0.15) is 0 Å². The van der Waals surface area contributed by atoms with E-state index >= 15 is 0 Å². The Hall–Kier alpha value is -0.160. The van der Waals surface area contributed by atoms with Gasteiger partial charge in [0.15, 0.2) is 0 Å². The minimum absolute atomic E-state index is 0.210. The summed E-state index contributed by atoms with van der Waals surface area (Å²) in [6.07, 6.45) is 7.84. The molecule has 2 fully saturated rings. The van der Waals surface area contributed by atoms with Gasteiger partial charge >= 0.3 is 0 Å². The predicted octanol–water partition coefficient (Wildman–Crippen LogP) is 3.00. The van der Waals surface area contributed by atoms with Crippen molar-refractivity contribution in [2.24, 2.45) is 0 Å². The summed E-state index contributed by atoms with van der Waals surface area (Å²) >= 11 is 0. The number of nitrogens with zero attached hydrogens (tertiary/aromatic N) is 2. The molecule has 0 saturated carbocycles. The van der Waals surface area contributed by atoms with Crippen LogP contribution in [0, 0.1) is 0 Å². The zero-order valence-corrected chi connectivity index (χ0v) is 16.2. The fraction of sp³-hybridized carbons (Fsp3) is 1.00. The van der Waals surface area contributed by atoms with Crippen LogP contribution in [0.2, 0.25) is 0 Å². The van der Waals surface area contributed by atoms with Crippen molar-refractivity contribution in [3.63, 3.8) is 0 Å². The van der Waals surface area contributed by atoms with Crippen LogP contribution >= 0.6 is 0 Å². The second-order valence-corrected chi connectivity index (χ2v) is 8.78. The number of piperazine rings is 1. The molecule has 136 valence electrons. The second-order valence-electron chi connectivity index (χ2n) is 8.78. The standard InChI is InChI=1S/C19H40N4/c1-6-7-8-9-10-21-23-18(2,3)15-17(16-19(23,4)5)22-13-11-20-12-14-22/h17,20-21H,6-16H2,1-5H3. The molecule has 0 radical (unpaired) electrons. The second kappa shape index (κ2) is 8.28. The van der Waals surface area contributed by atoms with E-state index in [1.54, 1.807) is 0 Å². The van der Waals surface area contributed by atoms with Gasteiger partial charge in [0.05, 0.1) is 0 Å². The number of nitrogens with one attached hydrogen (secondary N) is 2. The highest BCUT2D eigenvalue weighted by molar-refractivity contribution is 5.01. The zero-order chi connectivity index (χ0) is 16.9. The molecule has 2 rings (SSSR count). The van der Waals surface area contributed by atoms with E-state index in [1.165, 1.54) is 51.6 Å². The van der Waals surface area contributed by atoms with E-state index in [2.05, 4.69) is 55.3 Å². The number of rotatable bonds is 7. The molecule has 4 heteroatoms. The van der Waals surface area contributed by atoms with Crippen LogP contribution in [0.25, 0.3) is 0 Å². The maximum absolute atomic E-state index is 3.79. The lowest BCUT2D eigenvalue weighted by Crippen LogP contribution is -2.69. The molecule has 2 heterocycles. The maximum Gasteiger partial charge on any atom is 0.0318 e. The Labute approximate surface area is 144 Å². The summed E-state index contributed by atoms with van der Waals surface area (Å²) in [4.78, 5) is 2.72. The van der Waals surface area contributed by atoms with Crippen molar-refractivity contribution in [1.82, 2.24) is 20.7 Å². The average Bonchev–Trinajstić information content (AvgIpc) is 2.49. The lowest BCUT2D eigenvalue weighted by Gasteiger charge is -2.57. The molecular weight excluding hydrogens is 284 g/mol. The van der Waals surface area contributed by atoms with E-state index in [0.29, 0.717) is 0 Å². The highest BCUT2D eigenvalue weighted by Gasteiger charge is 2.46. The number of hydrazine groups is 1. The number of hydrogen-bond acceptors (Lipinski definition) is 4. The van der Waals surface area contributed by atoms with Gasteiger partial charge in [0.1, 0.15) is 0 Å². The summed E-state index contributed by atoms with van der Waals surface area (Å²) in [7, 11) is 0. The Morgan fingerprint density at radius 3 is 2.13 bits per heavy atom. The van der Waals surface area contributed by atoms with Crippen molar-refractivity contribution in [3.05, 3.63) is 0 Å². The van der Waals surface area contributed by atoms with Gasteiger partial charge in [0.25, 0.3) is 0 Å². The van der Waals surface area contributed by atoms with Crippen LogP contribution in [0.15, 0.2) is 0 Å². The topological polar surface area (TPSA) is 30.5 Å². The van der Waals surface area contributed by atoms with E-state index in [9.17, 15) is 0 Å². The van der Waals surface area contributed by atoms with E-state index in [4.69, 9.17) is 0 Å². The fourth-order valence-electron chi connectivity index (χ4n) is 4.70. The van der Waals surface area contributed by atoms with Crippen molar-refractivity contribution < 1.29 is 0 Å². The molecular formula is C19H40N4. The quantitative estimate of drug-likeness (QED) is 0.705. The molecule has 0 unspecified atom stereocenters. The Bertz CT molecular complexity index is 329. The van der Waals surface area contributed by atoms with Gasteiger partial charge < -0.3 is 5.32 Å². The molecule has 0 aromatic carbocycles. The predicted molar refractivity (Wildman–Crippen MR) is 99.6 cm³/mol. The molecule has 0 amide bonds. The maximum atomic E-state index is 3.79. The molecule has 0 aromatic heterocycles. The van der Waals surface area contributed by atoms with E-state index in [0.717, 1.165) is 25.7 Å². The summed E-state index contributed by atoms with van der Waals surface area (Å²) in [5, 5.41) is 6.06. The molecule has 2 aliphatic heterocycles. The molecule has 0 bridgehead atoms. The Morgan fingerprint density at radius 1 is 0.957 bits per heavy atom. The van der Waals surface area contributed by atoms with Crippen LogP contribution in [-0.4, -0.2) is 59.8 Å². The lowest BCUT2D eigenvalue weighted by molar-refractivity contribution is -0.101. The van der Waals surface area contributed by atoms with Gasteiger partial charge in [-0.25, -0.2) is 5.01 Å². The smallest absolute Gasteiger partial charge is 0.0318 e. The minimum atomic E-state index is 0.210. The summed E-state index contributed by atoms with van der Waals surface area (Å²) in [6, 6.07) is 0.722. The molecule has 2 saturated heterocycles. The van der Waals surface area contributed by atoms with Crippen LogP contribution in [0.4, 0.5) is 0 Å². The number of hydrogen-bond donors (Lipinski definition) is 2. The van der Waals surface area contributed by atoms with Crippen molar-refractivity contribution in [2.75, 3.05) is 32.7 Å². The van der Waals surface area contributed by atoms with E-state index in [1.807, 2.05) is 0 Å². The van der Waals surface area contributed by atoms with Gasteiger partial charge in [-0.05, 0) is 47.0 Å². The molecule has 0 spiro atoms. The van der Waals surface area contributed by atoms with Crippen molar-refractivity contribution in [3.8, 4) is 0 Å². The summed E-state index contributed by atoms with van der Waals surface area (Å²) < 4.78 is 0. The van der Waals surface area contributed by atoms with Crippen molar-refractivity contribution in [2.45, 2.75) is 90.3 Å². The first-order valence-electron chi connectivity index (χ1n) is 9.85. The number of piperidine rings is 1. The summed E-state index contributed by atoms with van der Waals surface area (Å²) in [6.45, 7) is 17.8. The van der Waals surface area contributed by atoms with Gasteiger partial charge in [-0.1, -0.05) is 26.2 Å². The summed E-state index contributed by atoms with van der Waals surface area (Å²) in [5.74, 6) is 0. The monoisotopic (exact) mass is 324 g/mol. The van der Waals surface area contributed by atoms with Gasteiger partial charge in [0, 0.05) is 49.8 Å². The van der Waals surface area contributed by atoms with Crippen LogP contribution in [-0.2, 0) is 0 Å². The Kier molecular flexibility index (Phi) is 6.90. The normalized spacial score (nSPS) is 26.5.